The van der Waals surface area contributed by atoms with Gasteiger partial charge in [0.2, 0.25) is 0 Å². The minimum atomic E-state index is -0.401. The summed E-state index contributed by atoms with van der Waals surface area (Å²) in [6, 6.07) is 16.5. The predicted octanol–water partition coefficient (Wildman–Crippen LogP) is 3.48. The van der Waals surface area contributed by atoms with Crippen LogP contribution in [0.15, 0.2) is 59.6 Å². The summed E-state index contributed by atoms with van der Waals surface area (Å²) in [7, 11) is 1.68. The zero-order valence-corrected chi connectivity index (χ0v) is 17.6. The lowest BCUT2D eigenvalue weighted by Gasteiger charge is -2.13. The quantitative estimate of drug-likeness (QED) is 0.142. The summed E-state index contributed by atoms with van der Waals surface area (Å²) in [6.45, 7) is 2.53. The van der Waals surface area contributed by atoms with Crippen LogP contribution in [0.3, 0.4) is 0 Å². The number of hydrogen-bond acceptors (Lipinski definition) is 4. The highest BCUT2D eigenvalue weighted by atomic mass is 127. The van der Waals surface area contributed by atoms with Crippen molar-refractivity contribution < 1.29 is 9.66 Å². The normalized spacial score (nSPS) is 10.8. The first-order valence-electron chi connectivity index (χ1n) is 8.47. The van der Waals surface area contributed by atoms with Crippen LogP contribution >= 0.6 is 24.0 Å². The van der Waals surface area contributed by atoms with Crippen LogP contribution in [0.4, 0.5) is 5.69 Å². The molecule has 2 rings (SSSR count). The number of guanidine groups is 1. The van der Waals surface area contributed by atoms with Crippen LogP contribution in [0.25, 0.3) is 0 Å². The number of nitro benzene ring substituents is 1. The van der Waals surface area contributed by atoms with Crippen LogP contribution < -0.4 is 10.6 Å². The molecule has 0 bridgehead atoms. The van der Waals surface area contributed by atoms with Gasteiger partial charge in [-0.15, -0.1) is 24.0 Å². The summed E-state index contributed by atoms with van der Waals surface area (Å²) in [5, 5.41) is 17.3. The van der Waals surface area contributed by atoms with E-state index in [0.717, 1.165) is 24.1 Å². The average Bonchev–Trinajstić information content (AvgIpc) is 2.67. The molecule has 2 aromatic carbocycles. The molecule has 0 radical (unpaired) electrons. The van der Waals surface area contributed by atoms with E-state index in [2.05, 4.69) is 15.6 Å². The summed E-state index contributed by atoms with van der Waals surface area (Å²) in [4.78, 5) is 14.9. The maximum absolute atomic E-state index is 10.7. The van der Waals surface area contributed by atoms with Crippen LogP contribution in [-0.4, -0.2) is 31.1 Å². The number of methoxy groups -OCH3 is 1. The van der Waals surface area contributed by atoms with Gasteiger partial charge in [0.05, 0.1) is 11.5 Å². The third-order valence-electron chi connectivity index (χ3n) is 3.69. The Morgan fingerprint density at radius 2 is 1.78 bits per heavy atom. The molecule has 146 valence electrons. The van der Waals surface area contributed by atoms with Gasteiger partial charge in [-0.3, -0.25) is 10.1 Å². The second-order valence-electron chi connectivity index (χ2n) is 5.70. The van der Waals surface area contributed by atoms with Gasteiger partial charge in [-0.1, -0.05) is 42.5 Å². The number of rotatable bonds is 9. The van der Waals surface area contributed by atoms with Crippen molar-refractivity contribution in [2.45, 2.75) is 19.5 Å². The fourth-order valence-corrected chi connectivity index (χ4v) is 2.27. The zero-order valence-electron chi connectivity index (χ0n) is 15.3. The monoisotopic (exact) mass is 484 g/mol. The van der Waals surface area contributed by atoms with E-state index in [0.29, 0.717) is 25.7 Å². The number of benzene rings is 2. The minimum absolute atomic E-state index is 0. The van der Waals surface area contributed by atoms with Crippen molar-refractivity contribution in [3.63, 3.8) is 0 Å². The van der Waals surface area contributed by atoms with Gasteiger partial charge in [0, 0.05) is 38.9 Å². The molecule has 27 heavy (non-hydrogen) atoms. The van der Waals surface area contributed by atoms with E-state index in [1.54, 1.807) is 19.2 Å². The van der Waals surface area contributed by atoms with Crippen molar-refractivity contribution in [2.24, 2.45) is 4.99 Å². The van der Waals surface area contributed by atoms with Crippen molar-refractivity contribution in [1.82, 2.24) is 10.6 Å². The molecular formula is C19H25IN4O3. The Labute approximate surface area is 176 Å². The lowest BCUT2D eigenvalue weighted by molar-refractivity contribution is -0.384. The molecule has 0 heterocycles. The molecule has 2 N–H and O–H groups in total. The van der Waals surface area contributed by atoms with Crippen molar-refractivity contribution in [2.75, 3.05) is 20.3 Å². The number of hydrogen-bond donors (Lipinski definition) is 2. The predicted molar refractivity (Wildman–Crippen MR) is 117 cm³/mol. The number of ether oxygens (including phenoxy) is 1. The molecule has 7 nitrogen and oxygen atoms in total. The van der Waals surface area contributed by atoms with Crippen LogP contribution in [0, 0.1) is 10.1 Å². The fourth-order valence-electron chi connectivity index (χ4n) is 2.27. The molecule has 0 saturated carbocycles. The third-order valence-corrected chi connectivity index (χ3v) is 3.69. The summed E-state index contributed by atoms with van der Waals surface area (Å²) < 4.78 is 5.06. The Bertz CT molecular complexity index is 709. The van der Waals surface area contributed by atoms with E-state index in [9.17, 15) is 10.1 Å². The molecule has 2 aromatic rings. The zero-order chi connectivity index (χ0) is 18.6. The standard InChI is InChI=1S/C19H24N4O3.HI/c1-26-13-5-12-20-19(21-14-16-6-3-2-4-7-16)22-15-17-8-10-18(11-9-17)23(24)25;/h2-4,6-11H,5,12-15H2,1H3,(H2,20,21,22);1H. The van der Waals surface area contributed by atoms with E-state index in [-0.39, 0.29) is 29.7 Å². The number of halogens is 1. The lowest BCUT2D eigenvalue weighted by Crippen LogP contribution is -2.37. The van der Waals surface area contributed by atoms with E-state index >= 15 is 0 Å². The first kappa shape index (κ1) is 22.8. The Kier molecular flexibility index (Phi) is 11.0. The number of nitro groups is 1. The van der Waals surface area contributed by atoms with E-state index in [1.165, 1.54) is 12.1 Å². The van der Waals surface area contributed by atoms with Gasteiger partial charge >= 0.3 is 0 Å². The van der Waals surface area contributed by atoms with Crippen LogP contribution in [-0.2, 0) is 17.8 Å². The van der Waals surface area contributed by atoms with E-state index in [1.807, 2.05) is 30.3 Å². The number of aliphatic imine (C=N–C) groups is 1. The van der Waals surface area contributed by atoms with Crippen molar-refractivity contribution in [3.05, 3.63) is 75.8 Å². The Balaban J connectivity index is 0.00000364. The first-order valence-corrected chi connectivity index (χ1v) is 8.47. The fraction of sp³-hybridized carbons (Fsp3) is 0.316. The summed E-state index contributed by atoms with van der Waals surface area (Å²) in [5.74, 6) is 0.698. The minimum Gasteiger partial charge on any atom is -0.385 e. The Morgan fingerprint density at radius 3 is 2.41 bits per heavy atom. The van der Waals surface area contributed by atoms with Gasteiger partial charge in [-0.05, 0) is 17.5 Å². The molecule has 0 atom stereocenters. The molecular weight excluding hydrogens is 459 g/mol. The number of nitrogens with one attached hydrogen (secondary N) is 2. The number of nitrogens with zero attached hydrogens (tertiary/aromatic N) is 2. The SMILES string of the molecule is COCCCNC(=NCc1ccccc1)NCc1ccc([N+](=O)[O-])cc1.I. The highest BCUT2D eigenvalue weighted by molar-refractivity contribution is 14.0. The summed E-state index contributed by atoms with van der Waals surface area (Å²) in [5.41, 5.74) is 2.16. The van der Waals surface area contributed by atoms with Crippen LogP contribution in [0.5, 0.6) is 0 Å². The molecule has 0 aromatic heterocycles. The van der Waals surface area contributed by atoms with Crippen LogP contribution in [0.2, 0.25) is 0 Å². The summed E-state index contributed by atoms with van der Waals surface area (Å²) >= 11 is 0. The van der Waals surface area contributed by atoms with Gasteiger partial charge < -0.3 is 15.4 Å². The van der Waals surface area contributed by atoms with Gasteiger partial charge in [0.1, 0.15) is 0 Å². The molecule has 0 aliphatic carbocycles. The Morgan fingerprint density at radius 1 is 1.07 bits per heavy atom. The third kappa shape index (κ3) is 8.83. The van der Waals surface area contributed by atoms with Crippen molar-refractivity contribution >= 4 is 35.6 Å². The van der Waals surface area contributed by atoms with Gasteiger partial charge in [0.25, 0.3) is 5.69 Å². The Hall–Kier alpha value is -2.20. The molecule has 0 spiro atoms. The summed E-state index contributed by atoms with van der Waals surface area (Å²) in [6.07, 6.45) is 0.875. The second kappa shape index (κ2) is 13.0. The molecule has 0 unspecified atom stereocenters. The largest absolute Gasteiger partial charge is 0.385 e. The van der Waals surface area contributed by atoms with Gasteiger partial charge in [0.15, 0.2) is 5.96 Å². The maximum Gasteiger partial charge on any atom is 0.269 e. The van der Waals surface area contributed by atoms with Gasteiger partial charge in [-0.2, -0.15) is 0 Å². The molecule has 0 aliphatic rings. The highest BCUT2D eigenvalue weighted by Crippen LogP contribution is 2.11. The molecule has 0 aliphatic heterocycles. The van der Waals surface area contributed by atoms with Crippen LogP contribution in [0.1, 0.15) is 17.5 Å². The van der Waals surface area contributed by atoms with E-state index in [4.69, 9.17) is 4.74 Å². The van der Waals surface area contributed by atoms with E-state index < -0.39 is 4.92 Å². The average molecular weight is 484 g/mol. The topological polar surface area (TPSA) is 88.8 Å². The molecule has 0 saturated heterocycles. The van der Waals surface area contributed by atoms with Gasteiger partial charge in [-0.25, -0.2) is 4.99 Å². The first-order chi connectivity index (χ1) is 12.7. The smallest absolute Gasteiger partial charge is 0.269 e. The van der Waals surface area contributed by atoms with Crippen molar-refractivity contribution in [3.8, 4) is 0 Å². The van der Waals surface area contributed by atoms with Crippen molar-refractivity contribution in [1.29, 1.82) is 0 Å². The molecule has 0 fully saturated rings. The molecule has 8 heteroatoms. The second-order valence-corrected chi connectivity index (χ2v) is 5.70. The molecule has 0 amide bonds. The lowest BCUT2D eigenvalue weighted by atomic mass is 10.2. The number of non-ortho nitro benzene ring substituents is 1. The highest BCUT2D eigenvalue weighted by Gasteiger charge is 2.05. The maximum atomic E-state index is 10.7.